The lowest BCUT2D eigenvalue weighted by molar-refractivity contribution is -0.385. The molecule has 2 amide bonds. The molecule has 3 rings (SSSR count). The lowest BCUT2D eigenvalue weighted by Crippen LogP contribution is -2.50. The summed E-state index contributed by atoms with van der Waals surface area (Å²) in [6, 6.07) is 11.9. The SMILES string of the molecule is O=C(C=Cc1ccccc1[N+](=O)[O-])N1CCN(C(=O)c2ccccc2F)CC1. The van der Waals surface area contributed by atoms with Gasteiger partial charge in [-0.25, -0.2) is 4.39 Å². The van der Waals surface area contributed by atoms with Crippen molar-refractivity contribution in [1.82, 2.24) is 9.80 Å². The van der Waals surface area contributed by atoms with Crippen LogP contribution in [0.5, 0.6) is 0 Å². The van der Waals surface area contributed by atoms with E-state index in [0.717, 1.165) is 0 Å². The molecule has 7 nitrogen and oxygen atoms in total. The van der Waals surface area contributed by atoms with Crippen molar-refractivity contribution in [3.05, 3.63) is 81.7 Å². The number of hydrogen-bond acceptors (Lipinski definition) is 4. The van der Waals surface area contributed by atoms with Crippen molar-refractivity contribution in [2.75, 3.05) is 26.2 Å². The Bertz CT molecular complexity index is 937. The van der Waals surface area contributed by atoms with Crippen LogP contribution < -0.4 is 0 Å². The van der Waals surface area contributed by atoms with E-state index < -0.39 is 16.6 Å². The summed E-state index contributed by atoms with van der Waals surface area (Å²) in [5.41, 5.74) is 0.277. The van der Waals surface area contributed by atoms with Crippen molar-refractivity contribution in [3.8, 4) is 0 Å². The van der Waals surface area contributed by atoms with E-state index in [4.69, 9.17) is 0 Å². The standard InChI is InChI=1S/C20H18FN3O4/c21-17-7-3-2-6-16(17)20(26)23-13-11-22(12-14-23)19(25)10-9-15-5-1-4-8-18(15)24(27)28/h1-10H,11-14H2. The van der Waals surface area contributed by atoms with E-state index in [1.54, 1.807) is 29.2 Å². The normalized spacial score (nSPS) is 14.3. The first-order chi connectivity index (χ1) is 13.5. The number of nitro groups is 1. The number of hydrogen-bond donors (Lipinski definition) is 0. The number of para-hydroxylation sites is 1. The number of nitro benzene ring substituents is 1. The first-order valence-electron chi connectivity index (χ1n) is 8.71. The third-order valence-corrected chi connectivity index (χ3v) is 4.52. The number of nitrogens with zero attached hydrogens (tertiary/aromatic N) is 3. The predicted octanol–water partition coefficient (Wildman–Crippen LogP) is 2.73. The minimum absolute atomic E-state index is 0.0126. The molecule has 1 aliphatic rings. The largest absolute Gasteiger partial charge is 0.336 e. The Labute approximate surface area is 160 Å². The maximum Gasteiger partial charge on any atom is 0.276 e. The first kappa shape index (κ1) is 19.2. The van der Waals surface area contributed by atoms with Gasteiger partial charge in [-0.3, -0.25) is 19.7 Å². The third-order valence-electron chi connectivity index (χ3n) is 4.52. The molecule has 0 aliphatic carbocycles. The summed E-state index contributed by atoms with van der Waals surface area (Å²) in [6.45, 7) is 1.19. The van der Waals surface area contributed by atoms with Gasteiger partial charge in [0.25, 0.3) is 11.6 Å². The molecule has 0 N–H and O–H groups in total. The highest BCUT2D eigenvalue weighted by molar-refractivity contribution is 5.95. The van der Waals surface area contributed by atoms with Crippen LogP contribution in [0.4, 0.5) is 10.1 Å². The zero-order chi connectivity index (χ0) is 20.1. The van der Waals surface area contributed by atoms with Crippen LogP contribution in [0.3, 0.4) is 0 Å². The molecule has 2 aromatic rings. The molecule has 144 valence electrons. The summed E-state index contributed by atoms with van der Waals surface area (Å²) >= 11 is 0. The second kappa shape index (κ2) is 8.43. The number of amides is 2. The minimum atomic E-state index is -0.571. The molecular weight excluding hydrogens is 365 g/mol. The number of piperazine rings is 1. The molecule has 0 atom stereocenters. The van der Waals surface area contributed by atoms with Gasteiger partial charge in [0.2, 0.25) is 5.91 Å². The Morgan fingerprint density at radius 1 is 0.964 bits per heavy atom. The summed E-state index contributed by atoms with van der Waals surface area (Å²) < 4.78 is 13.8. The maximum atomic E-state index is 13.8. The molecule has 0 aromatic heterocycles. The van der Waals surface area contributed by atoms with Crippen LogP contribution in [-0.4, -0.2) is 52.7 Å². The molecule has 0 unspecified atom stereocenters. The van der Waals surface area contributed by atoms with Crippen LogP contribution in [0.1, 0.15) is 15.9 Å². The van der Waals surface area contributed by atoms with E-state index in [-0.39, 0.29) is 30.2 Å². The van der Waals surface area contributed by atoms with Crippen molar-refractivity contribution in [3.63, 3.8) is 0 Å². The second-order valence-electron chi connectivity index (χ2n) is 6.25. The van der Waals surface area contributed by atoms with E-state index in [1.807, 2.05) is 0 Å². The topological polar surface area (TPSA) is 83.8 Å². The van der Waals surface area contributed by atoms with E-state index in [9.17, 15) is 24.1 Å². The summed E-state index contributed by atoms with van der Waals surface area (Å²) in [5.74, 6) is -1.27. The van der Waals surface area contributed by atoms with Crippen LogP contribution in [0, 0.1) is 15.9 Å². The number of halogens is 1. The van der Waals surface area contributed by atoms with Crippen LogP contribution >= 0.6 is 0 Å². The van der Waals surface area contributed by atoms with Crippen molar-refractivity contribution >= 4 is 23.6 Å². The highest BCUT2D eigenvalue weighted by atomic mass is 19.1. The molecule has 0 bridgehead atoms. The minimum Gasteiger partial charge on any atom is -0.336 e. The Morgan fingerprint density at radius 2 is 1.57 bits per heavy atom. The lowest BCUT2D eigenvalue weighted by Gasteiger charge is -2.34. The fraction of sp³-hybridized carbons (Fsp3) is 0.200. The number of benzene rings is 2. The average molecular weight is 383 g/mol. The van der Waals surface area contributed by atoms with E-state index in [0.29, 0.717) is 18.7 Å². The van der Waals surface area contributed by atoms with Gasteiger partial charge in [0.15, 0.2) is 0 Å². The molecule has 2 aromatic carbocycles. The molecule has 1 saturated heterocycles. The van der Waals surface area contributed by atoms with Crippen molar-refractivity contribution in [2.45, 2.75) is 0 Å². The number of rotatable bonds is 4. The lowest BCUT2D eigenvalue weighted by atomic mass is 10.1. The molecule has 0 radical (unpaired) electrons. The monoisotopic (exact) mass is 383 g/mol. The van der Waals surface area contributed by atoms with Crippen LogP contribution in [0.15, 0.2) is 54.6 Å². The number of carbonyl (C=O) groups excluding carboxylic acids is 2. The zero-order valence-corrected chi connectivity index (χ0v) is 15.0. The molecule has 0 saturated carbocycles. The summed E-state index contributed by atoms with van der Waals surface area (Å²) in [4.78, 5) is 38.4. The quantitative estimate of drug-likeness (QED) is 0.462. The van der Waals surface area contributed by atoms with Crippen molar-refractivity contribution in [2.24, 2.45) is 0 Å². The Morgan fingerprint density at radius 3 is 2.25 bits per heavy atom. The summed E-state index contributed by atoms with van der Waals surface area (Å²) in [7, 11) is 0. The average Bonchev–Trinajstić information content (AvgIpc) is 2.72. The van der Waals surface area contributed by atoms with Crippen molar-refractivity contribution in [1.29, 1.82) is 0 Å². The second-order valence-corrected chi connectivity index (χ2v) is 6.25. The van der Waals surface area contributed by atoms with Gasteiger partial charge in [-0.2, -0.15) is 0 Å². The fourth-order valence-electron chi connectivity index (χ4n) is 3.00. The van der Waals surface area contributed by atoms with Gasteiger partial charge in [0.05, 0.1) is 16.1 Å². The van der Waals surface area contributed by atoms with E-state index in [1.165, 1.54) is 41.3 Å². The Balaban J connectivity index is 1.61. The van der Waals surface area contributed by atoms with Gasteiger partial charge in [-0.05, 0) is 24.3 Å². The first-order valence-corrected chi connectivity index (χ1v) is 8.71. The van der Waals surface area contributed by atoms with Gasteiger partial charge in [0, 0.05) is 38.3 Å². The van der Waals surface area contributed by atoms with Crippen molar-refractivity contribution < 1.29 is 18.9 Å². The van der Waals surface area contributed by atoms with Gasteiger partial charge < -0.3 is 9.80 Å². The third kappa shape index (κ3) is 4.22. The molecular formula is C20H18FN3O4. The summed E-state index contributed by atoms with van der Waals surface area (Å²) in [6.07, 6.45) is 2.70. The van der Waals surface area contributed by atoms with E-state index >= 15 is 0 Å². The van der Waals surface area contributed by atoms with Crippen LogP contribution in [0.2, 0.25) is 0 Å². The Hall–Kier alpha value is -3.55. The highest BCUT2D eigenvalue weighted by Gasteiger charge is 2.25. The molecule has 1 aliphatic heterocycles. The highest BCUT2D eigenvalue weighted by Crippen LogP contribution is 2.19. The number of carbonyl (C=O) groups is 2. The smallest absolute Gasteiger partial charge is 0.276 e. The molecule has 1 fully saturated rings. The van der Waals surface area contributed by atoms with Gasteiger partial charge in [-0.15, -0.1) is 0 Å². The predicted molar refractivity (Wildman–Crippen MR) is 101 cm³/mol. The van der Waals surface area contributed by atoms with Gasteiger partial charge >= 0.3 is 0 Å². The Kier molecular flexibility index (Phi) is 5.78. The van der Waals surface area contributed by atoms with Crippen LogP contribution in [-0.2, 0) is 4.79 Å². The molecule has 28 heavy (non-hydrogen) atoms. The van der Waals surface area contributed by atoms with Gasteiger partial charge in [-0.1, -0.05) is 24.3 Å². The summed E-state index contributed by atoms with van der Waals surface area (Å²) in [5, 5.41) is 11.0. The molecule has 0 spiro atoms. The van der Waals surface area contributed by atoms with E-state index in [2.05, 4.69) is 0 Å². The zero-order valence-electron chi connectivity index (χ0n) is 15.0. The molecule has 1 heterocycles. The van der Waals surface area contributed by atoms with Crippen LogP contribution in [0.25, 0.3) is 6.08 Å². The molecule has 8 heteroatoms. The van der Waals surface area contributed by atoms with Gasteiger partial charge in [0.1, 0.15) is 5.82 Å². The fourth-order valence-corrected chi connectivity index (χ4v) is 3.00. The maximum absolute atomic E-state index is 13.8.